The largest absolute Gasteiger partial charge is 0.346 e. The summed E-state index contributed by atoms with van der Waals surface area (Å²) < 4.78 is 1.77. The van der Waals surface area contributed by atoms with Gasteiger partial charge in [-0.1, -0.05) is 30.3 Å². The highest BCUT2D eigenvalue weighted by Crippen LogP contribution is 2.16. The van der Waals surface area contributed by atoms with E-state index in [1.807, 2.05) is 67.7 Å². The number of hydrogen-bond acceptors (Lipinski definition) is 3. The lowest BCUT2D eigenvalue weighted by Gasteiger charge is -2.10. The molecule has 2 heterocycles. The first kappa shape index (κ1) is 16.1. The number of para-hydroxylation sites is 3. The Labute approximate surface area is 150 Å². The molecule has 2 aromatic heterocycles. The van der Waals surface area contributed by atoms with E-state index in [1.54, 1.807) is 10.9 Å². The number of hydrogen-bond donors (Lipinski definition) is 2. The molecule has 4 aromatic rings. The molecule has 26 heavy (non-hydrogen) atoms. The monoisotopic (exact) mass is 345 g/mol. The summed E-state index contributed by atoms with van der Waals surface area (Å²) in [5, 5.41) is 7.31. The van der Waals surface area contributed by atoms with Crippen LogP contribution in [-0.2, 0) is 11.2 Å². The molecule has 0 aliphatic heterocycles. The normalized spacial score (nSPS) is 12.2. The number of H-pyrrole nitrogens is 1. The highest BCUT2D eigenvalue weighted by Gasteiger charge is 2.14. The maximum absolute atomic E-state index is 12.4. The molecular weight excluding hydrogens is 326 g/mol. The van der Waals surface area contributed by atoms with Gasteiger partial charge in [0, 0.05) is 6.20 Å². The van der Waals surface area contributed by atoms with Gasteiger partial charge in [-0.2, -0.15) is 5.10 Å². The Bertz CT molecular complexity index is 1000. The van der Waals surface area contributed by atoms with Crippen molar-refractivity contribution < 1.29 is 4.79 Å². The molecule has 0 radical (unpaired) electrons. The van der Waals surface area contributed by atoms with Gasteiger partial charge in [0.2, 0.25) is 5.91 Å². The summed E-state index contributed by atoms with van der Waals surface area (Å²) in [5.74, 6) is 0.685. The number of rotatable bonds is 5. The lowest BCUT2D eigenvalue weighted by molar-refractivity contribution is -0.121. The van der Waals surface area contributed by atoms with Crippen LogP contribution in [0, 0.1) is 0 Å². The van der Waals surface area contributed by atoms with E-state index in [4.69, 9.17) is 0 Å². The molecule has 0 aliphatic rings. The number of imidazole rings is 1. The average molecular weight is 345 g/mol. The van der Waals surface area contributed by atoms with Gasteiger partial charge < -0.3 is 10.3 Å². The quantitative estimate of drug-likeness (QED) is 0.583. The molecule has 0 saturated heterocycles. The molecule has 2 N–H and O–H groups in total. The van der Waals surface area contributed by atoms with Crippen LogP contribution in [0.2, 0.25) is 0 Å². The first-order chi connectivity index (χ1) is 12.7. The number of amides is 1. The van der Waals surface area contributed by atoms with Crippen molar-refractivity contribution in [1.82, 2.24) is 25.1 Å². The van der Waals surface area contributed by atoms with Gasteiger partial charge in [-0.25, -0.2) is 9.67 Å². The van der Waals surface area contributed by atoms with Crippen molar-refractivity contribution in [3.8, 4) is 5.69 Å². The van der Waals surface area contributed by atoms with E-state index in [-0.39, 0.29) is 18.4 Å². The molecule has 0 saturated carbocycles. The van der Waals surface area contributed by atoms with E-state index in [1.165, 1.54) is 0 Å². The van der Waals surface area contributed by atoms with Gasteiger partial charge >= 0.3 is 0 Å². The zero-order valence-corrected chi connectivity index (χ0v) is 14.4. The standard InChI is InChI=1S/C20H19N5O/c1-14(20-23-17-9-5-6-10-18(17)24-20)22-19(26)11-15-12-21-25(13-15)16-7-3-2-4-8-16/h2-10,12-14H,11H2,1H3,(H,22,26)(H,23,24)/t14-/m0/s1. The molecule has 4 rings (SSSR count). The summed E-state index contributed by atoms with van der Waals surface area (Å²) in [6.07, 6.45) is 3.87. The lowest BCUT2D eigenvalue weighted by Crippen LogP contribution is -2.28. The third-order valence-electron chi connectivity index (χ3n) is 4.22. The molecule has 6 nitrogen and oxygen atoms in total. The molecular formula is C20H19N5O. The molecule has 1 amide bonds. The summed E-state index contributed by atoms with van der Waals surface area (Å²) in [4.78, 5) is 20.1. The Balaban J connectivity index is 1.41. The second-order valence-corrected chi connectivity index (χ2v) is 6.23. The molecule has 0 bridgehead atoms. The molecule has 0 fully saturated rings. The van der Waals surface area contributed by atoms with Crippen LogP contribution in [-0.4, -0.2) is 25.7 Å². The topological polar surface area (TPSA) is 75.6 Å². The molecule has 1 atom stereocenters. The van der Waals surface area contributed by atoms with Crippen molar-refractivity contribution in [3.05, 3.63) is 78.4 Å². The van der Waals surface area contributed by atoms with Gasteiger partial charge in [-0.05, 0) is 36.8 Å². The fraction of sp³-hybridized carbons (Fsp3) is 0.150. The van der Waals surface area contributed by atoms with Crippen LogP contribution in [0.4, 0.5) is 0 Å². The minimum Gasteiger partial charge on any atom is -0.346 e. The number of aromatic amines is 1. The van der Waals surface area contributed by atoms with E-state index in [0.717, 1.165) is 28.1 Å². The van der Waals surface area contributed by atoms with Crippen molar-refractivity contribution in [2.24, 2.45) is 0 Å². The summed E-state index contributed by atoms with van der Waals surface area (Å²) in [7, 11) is 0. The number of carbonyl (C=O) groups is 1. The van der Waals surface area contributed by atoms with Crippen LogP contribution in [0.1, 0.15) is 24.4 Å². The molecule has 0 spiro atoms. The van der Waals surface area contributed by atoms with Crippen molar-refractivity contribution in [2.45, 2.75) is 19.4 Å². The molecule has 0 aliphatic carbocycles. The van der Waals surface area contributed by atoms with Crippen molar-refractivity contribution in [2.75, 3.05) is 0 Å². The summed E-state index contributed by atoms with van der Waals surface area (Å²) in [5.41, 5.74) is 3.69. The molecule has 6 heteroatoms. The molecule has 130 valence electrons. The van der Waals surface area contributed by atoms with Gasteiger partial charge in [0.25, 0.3) is 0 Å². The summed E-state index contributed by atoms with van der Waals surface area (Å²) in [6, 6.07) is 17.4. The Morgan fingerprint density at radius 3 is 2.73 bits per heavy atom. The first-order valence-electron chi connectivity index (χ1n) is 8.52. The van der Waals surface area contributed by atoms with Crippen LogP contribution < -0.4 is 5.32 Å². The van der Waals surface area contributed by atoms with E-state index in [0.29, 0.717) is 0 Å². The highest BCUT2D eigenvalue weighted by atomic mass is 16.1. The van der Waals surface area contributed by atoms with E-state index >= 15 is 0 Å². The Hall–Kier alpha value is -3.41. The minimum atomic E-state index is -0.195. The number of benzene rings is 2. The SMILES string of the molecule is C[C@H](NC(=O)Cc1cnn(-c2ccccc2)c1)c1nc2ccccc2[nH]1. The van der Waals surface area contributed by atoms with Crippen LogP contribution >= 0.6 is 0 Å². The number of fused-ring (bicyclic) bond motifs is 1. The fourth-order valence-corrected chi connectivity index (χ4v) is 2.90. The third-order valence-corrected chi connectivity index (χ3v) is 4.22. The fourth-order valence-electron chi connectivity index (χ4n) is 2.90. The Morgan fingerprint density at radius 1 is 1.15 bits per heavy atom. The lowest BCUT2D eigenvalue weighted by atomic mass is 10.2. The number of nitrogens with zero attached hydrogens (tertiary/aromatic N) is 3. The number of aromatic nitrogens is 4. The maximum Gasteiger partial charge on any atom is 0.225 e. The highest BCUT2D eigenvalue weighted by molar-refractivity contribution is 5.79. The van der Waals surface area contributed by atoms with Gasteiger partial charge in [0.05, 0.1) is 35.4 Å². The van der Waals surface area contributed by atoms with E-state index in [9.17, 15) is 4.79 Å². The minimum absolute atomic E-state index is 0.0643. The number of carbonyl (C=O) groups excluding carboxylic acids is 1. The maximum atomic E-state index is 12.4. The van der Waals surface area contributed by atoms with Crippen LogP contribution in [0.3, 0.4) is 0 Å². The number of nitrogens with one attached hydrogen (secondary N) is 2. The van der Waals surface area contributed by atoms with Gasteiger partial charge in [0.1, 0.15) is 5.82 Å². The van der Waals surface area contributed by atoms with E-state index < -0.39 is 0 Å². The molecule has 0 unspecified atom stereocenters. The van der Waals surface area contributed by atoms with Gasteiger partial charge in [-0.15, -0.1) is 0 Å². The summed E-state index contributed by atoms with van der Waals surface area (Å²) in [6.45, 7) is 1.92. The smallest absolute Gasteiger partial charge is 0.225 e. The second-order valence-electron chi connectivity index (χ2n) is 6.23. The zero-order chi connectivity index (χ0) is 17.9. The van der Waals surface area contributed by atoms with Crippen molar-refractivity contribution >= 4 is 16.9 Å². The van der Waals surface area contributed by atoms with Crippen LogP contribution in [0.15, 0.2) is 67.0 Å². The van der Waals surface area contributed by atoms with Crippen LogP contribution in [0.5, 0.6) is 0 Å². The first-order valence-corrected chi connectivity index (χ1v) is 8.52. The van der Waals surface area contributed by atoms with Crippen molar-refractivity contribution in [3.63, 3.8) is 0 Å². The summed E-state index contributed by atoms with van der Waals surface area (Å²) >= 11 is 0. The zero-order valence-electron chi connectivity index (χ0n) is 14.4. The van der Waals surface area contributed by atoms with Crippen molar-refractivity contribution in [1.29, 1.82) is 0 Å². The Kier molecular flexibility index (Phi) is 4.23. The van der Waals surface area contributed by atoms with Gasteiger partial charge in [0.15, 0.2) is 0 Å². The Morgan fingerprint density at radius 2 is 1.92 bits per heavy atom. The second kappa shape index (κ2) is 6.84. The third kappa shape index (κ3) is 3.35. The predicted octanol–water partition coefficient (Wildman–Crippen LogP) is 3.17. The predicted molar refractivity (Wildman–Crippen MR) is 99.9 cm³/mol. The van der Waals surface area contributed by atoms with E-state index in [2.05, 4.69) is 20.4 Å². The van der Waals surface area contributed by atoms with Gasteiger partial charge in [-0.3, -0.25) is 4.79 Å². The van der Waals surface area contributed by atoms with Crippen LogP contribution in [0.25, 0.3) is 16.7 Å². The average Bonchev–Trinajstić information content (AvgIpc) is 3.29. The molecule has 2 aromatic carbocycles.